The summed E-state index contributed by atoms with van der Waals surface area (Å²) in [4.78, 5) is 0. The van der Waals surface area contributed by atoms with Crippen LogP contribution in [-0.4, -0.2) is 19.7 Å². The van der Waals surface area contributed by atoms with Crippen LogP contribution in [0.4, 0.5) is 0 Å². The van der Waals surface area contributed by atoms with E-state index in [1.807, 2.05) is 25.2 Å². The minimum absolute atomic E-state index is 0.411. The highest BCUT2D eigenvalue weighted by molar-refractivity contribution is 9.10. The zero-order valence-corrected chi connectivity index (χ0v) is 14.2. The molecular formula is C18H22BrNO. The Labute approximate surface area is 135 Å². The van der Waals surface area contributed by atoms with E-state index in [0.29, 0.717) is 6.04 Å². The Morgan fingerprint density at radius 2 is 1.95 bits per heavy atom. The fourth-order valence-electron chi connectivity index (χ4n) is 2.30. The maximum absolute atomic E-state index is 5.84. The molecule has 0 aliphatic rings. The van der Waals surface area contributed by atoms with Crippen LogP contribution >= 0.6 is 15.9 Å². The van der Waals surface area contributed by atoms with Crippen molar-refractivity contribution in [2.24, 2.45) is 0 Å². The average Bonchev–Trinajstić information content (AvgIpc) is 2.48. The van der Waals surface area contributed by atoms with Crippen molar-refractivity contribution in [1.82, 2.24) is 5.32 Å². The molecule has 0 fully saturated rings. The molecule has 112 valence electrons. The average molecular weight is 348 g/mol. The largest absolute Gasteiger partial charge is 0.494 e. The van der Waals surface area contributed by atoms with Crippen molar-refractivity contribution in [3.05, 3.63) is 64.1 Å². The number of aryl methyl sites for hydroxylation is 1. The Morgan fingerprint density at radius 3 is 2.67 bits per heavy atom. The third-order valence-electron chi connectivity index (χ3n) is 3.56. The number of nitrogens with one attached hydrogen (secondary N) is 1. The monoisotopic (exact) mass is 347 g/mol. The second-order valence-electron chi connectivity index (χ2n) is 5.23. The van der Waals surface area contributed by atoms with Crippen molar-refractivity contribution in [3.63, 3.8) is 0 Å². The normalized spacial score (nSPS) is 12.1. The summed E-state index contributed by atoms with van der Waals surface area (Å²) >= 11 is 3.61. The van der Waals surface area contributed by atoms with Crippen molar-refractivity contribution in [2.45, 2.75) is 25.8 Å². The summed E-state index contributed by atoms with van der Waals surface area (Å²) in [7, 11) is 2.01. The zero-order chi connectivity index (χ0) is 15.1. The molecular weight excluding hydrogens is 326 g/mol. The molecule has 1 unspecified atom stereocenters. The van der Waals surface area contributed by atoms with E-state index < -0.39 is 0 Å². The molecule has 3 heteroatoms. The maximum Gasteiger partial charge on any atom is 0.119 e. The van der Waals surface area contributed by atoms with E-state index in [1.165, 1.54) is 15.6 Å². The standard InChI is InChI=1S/C18H22BrNO/c1-14-6-5-8-17(12-14)21-11-10-16(20-2)13-15-7-3-4-9-18(15)19/h3-9,12,16,20H,10-11,13H2,1-2H3. The van der Waals surface area contributed by atoms with Gasteiger partial charge in [0.15, 0.2) is 0 Å². The molecule has 0 saturated carbocycles. The lowest BCUT2D eigenvalue weighted by atomic mass is 10.0. The van der Waals surface area contributed by atoms with Crippen LogP contribution in [0, 0.1) is 6.92 Å². The van der Waals surface area contributed by atoms with E-state index in [-0.39, 0.29) is 0 Å². The molecule has 1 atom stereocenters. The fourth-order valence-corrected chi connectivity index (χ4v) is 2.75. The molecule has 0 radical (unpaired) electrons. The van der Waals surface area contributed by atoms with Gasteiger partial charge < -0.3 is 10.1 Å². The predicted octanol–water partition coefficient (Wildman–Crippen LogP) is 4.36. The number of hydrogen-bond donors (Lipinski definition) is 1. The van der Waals surface area contributed by atoms with Gasteiger partial charge in [-0.15, -0.1) is 0 Å². The Hall–Kier alpha value is -1.32. The topological polar surface area (TPSA) is 21.3 Å². The van der Waals surface area contributed by atoms with Crippen LogP contribution in [0.5, 0.6) is 5.75 Å². The number of benzene rings is 2. The lowest BCUT2D eigenvalue weighted by Gasteiger charge is -2.17. The first-order valence-electron chi connectivity index (χ1n) is 7.29. The summed E-state index contributed by atoms with van der Waals surface area (Å²) in [6.45, 7) is 2.80. The van der Waals surface area contributed by atoms with E-state index in [9.17, 15) is 0 Å². The van der Waals surface area contributed by atoms with Crippen molar-refractivity contribution >= 4 is 15.9 Å². The Balaban J connectivity index is 1.84. The molecule has 2 rings (SSSR count). The van der Waals surface area contributed by atoms with Gasteiger partial charge in [-0.3, -0.25) is 0 Å². The van der Waals surface area contributed by atoms with Gasteiger partial charge in [0.2, 0.25) is 0 Å². The molecule has 2 aromatic rings. The lowest BCUT2D eigenvalue weighted by molar-refractivity contribution is 0.288. The van der Waals surface area contributed by atoms with Crippen LogP contribution in [-0.2, 0) is 6.42 Å². The minimum Gasteiger partial charge on any atom is -0.494 e. The first kappa shape index (κ1) is 16.1. The molecule has 0 heterocycles. The Bertz CT molecular complexity index is 571. The highest BCUT2D eigenvalue weighted by atomic mass is 79.9. The summed E-state index contributed by atoms with van der Waals surface area (Å²) in [5, 5.41) is 3.37. The van der Waals surface area contributed by atoms with Gasteiger partial charge in [-0.25, -0.2) is 0 Å². The highest BCUT2D eigenvalue weighted by Crippen LogP contribution is 2.18. The molecule has 0 aliphatic heterocycles. The summed E-state index contributed by atoms with van der Waals surface area (Å²) < 4.78 is 7.01. The van der Waals surface area contributed by atoms with Gasteiger partial charge in [-0.2, -0.15) is 0 Å². The quantitative estimate of drug-likeness (QED) is 0.803. The molecule has 0 aromatic heterocycles. The molecule has 2 aromatic carbocycles. The van der Waals surface area contributed by atoms with Gasteiger partial charge in [0, 0.05) is 10.5 Å². The van der Waals surface area contributed by atoms with Gasteiger partial charge in [0.25, 0.3) is 0 Å². The first-order valence-corrected chi connectivity index (χ1v) is 8.08. The predicted molar refractivity (Wildman–Crippen MR) is 92.0 cm³/mol. The van der Waals surface area contributed by atoms with Crippen LogP contribution in [0.1, 0.15) is 17.5 Å². The summed E-state index contributed by atoms with van der Waals surface area (Å²) in [6.07, 6.45) is 1.97. The van der Waals surface area contributed by atoms with E-state index >= 15 is 0 Å². The summed E-state index contributed by atoms with van der Waals surface area (Å²) in [5.41, 5.74) is 2.55. The fraction of sp³-hybridized carbons (Fsp3) is 0.333. The number of hydrogen-bond acceptors (Lipinski definition) is 2. The van der Waals surface area contributed by atoms with Gasteiger partial charge >= 0.3 is 0 Å². The van der Waals surface area contributed by atoms with E-state index in [1.54, 1.807) is 0 Å². The van der Waals surface area contributed by atoms with Crippen molar-refractivity contribution in [3.8, 4) is 5.75 Å². The molecule has 1 N–H and O–H groups in total. The number of likely N-dealkylation sites (N-methyl/N-ethyl adjacent to an activating group) is 1. The van der Waals surface area contributed by atoms with Crippen LogP contribution in [0.25, 0.3) is 0 Å². The van der Waals surface area contributed by atoms with Crippen LogP contribution in [0.2, 0.25) is 0 Å². The molecule has 0 bridgehead atoms. The van der Waals surface area contributed by atoms with E-state index in [0.717, 1.165) is 25.2 Å². The third-order valence-corrected chi connectivity index (χ3v) is 4.33. The second kappa shape index (κ2) is 8.20. The molecule has 2 nitrogen and oxygen atoms in total. The van der Waals surface area contributed by atoms with Crippen molar-refractivity contribution < 1.29 is 4.74 Å². The minimum atomic E-state index is 0.411. The number of halogens is 1. The van der Waals surface area contributed by atoms with Crippen molar-refractivity contribution in [1.29, 1.82) is 0 Å². The molecule has 0 spiro atoms. The SMILES string of the molecule is CNC(CCOc1cccc(C)c1)Cc1ccccc1Br. The van der Waals surface area contributed by atoms with Gasteiger partial charge in [0.05, 0.1) is 6.61 Å². The molecule has 21 heavy (non-hydrogen) atoms. The van der Waals surface area contributed by atoms with Crippen molar-refractivity contribution in [2.75, 3.05) is 13.7 Å². The van der Waals surface area contributed by atoms with E-state index in [2.05, 4.69) is 58.5 Å². The smallest absolute Gasteiger partial charge is 0.119 e. The lowest BCUT2D eigenvalue weighted by Crippen LogP contribution is -2.29. The van der Waals surface area contributed by atoms with Crippen LogP contribution < -0.4 is 10.1 Å². The third kappa shape index (κ3) is 5.18. The second-order valence-corrected chi connectivity index (χ2v) is 6.09. The van der Waals surface area contributed by atoms with Crippen LogP contribution in [0.15, 0.2) is 53.0 Å². The van der Waals surface area contributed by atoms with Gasteiger partial charge in [-0.05, 0) is 56.1 Å². The molecule has 0 saturated heterocycles. The Kier molecular flexibility index (Phi) is 6.27. The number of rotatable bonds is 7. The number of ether oxygens (including phenoxy) is 1. The summed E-state index contributed by atoms with van der Waals surface area (Å²) in [5.74, 6) is 0.950. The van der Waals surface area contributed by atoms with Gasteiger partial charge in [-0.1, -0.05) is 46.3 Å². The summed E-state index contributed by atoms with van der Waals surface area (Å²) in [6, 6.07) is 17.0. The zero-order valence-electron chi connectivity index (χ0n) is 12.6. The first-order chi connectivity index (χ1) is 10.2. The molecule has 0 aliphatic carbocycles. The highest BCUT2D eigenvalue weighted by Gasteiger charge is 2.09. The maximum atomic E-state index is 5.84. The van der Waals surface area contributed by atoms with Crippen LogP contribution in [0.3, 0.4) is 0 Å². The van der Waals surface area contributed by atoms with E-state index in [4.69, 9.17) is 4.74 Å². The molecule has 0 amide bonds. The Morgan fingerprint density at radius 1 is 1.14 bits per heavy atom. The van der Waals surface area contributed by atoms with Gasteiger partial charge in [0.1, 0.15) is 5.75 Å².